The Hall–Kier alpha value is -3.60. The normalized spacial score (nSPS) is 13.7. The van der Waals surface area contributed by atoms with E-state index in [2.05, 4.69) is 5.32 Å². The number of aliphatic hydroxyl groups is 2. The van der Waals surface area contributed by atoms with Crippen LogP contribution in [0, 0.1) is 12.8 Å². The van der Waals surface area contributed by atoms with Crippen molar-refractivity contribution in [1.29, 1.82) is 0 Å². The van der Waals surface area contributed by atoms with Crippen LogP contribution in [-0.4, -0.2) is 53.9 Å². The minimum atomic E-state index is -1.40. The predicted octanol–water partition coefficient (Wildman–Crippen LogP) is 3.03. The van der Waals surface area contributed by atoms with Gasteiger partial charge in [0.15, 0.2) is 5.76 Å². The topological polar surface area (TPSA) is 161 Å². The molecule has 3 rings (SSSR count). The van der Waals surface area contributed by atoms with Crippen molar-refractivity contribution in [2.45, 2.75) is 26.1 Å². The number of nitrogens with one attached hydrogen (secondary N) is 1. The second-order valence-electron chi connectivity index (χ2n) is 7.86. The standard InChI is InChI=1S/C24H25ClN2O8/c1-11-4-5-13(25)8-16(11)21(30)22-20(27-24(26)32)15-7-6-14(9-18(15)35-22)34-12(2)19(17(29)10-28)23(31)33-3/h4-9,12,17,19,28-29H,10H2,1-3H3,(H3,26,27,32). The summed E-state index contributed by atoms with van der Waals surface area (Å²) in [4.78, 5) is 37.0. The third-order valence-corrected chi connectivity index (χ3v) is 5.70. The largest absolute Gasteiger partial charge is 0.490 e. The van der Waals surface area contributed by atoms with Gasteiger partial charge in [-0.25, -0.2) is 4.79 Å². The van der Waals surface area contributed by atoms with Crippen LogP contribution in [0.2, 0.25) is 5.02 Å². The van der Waals surface area contributed by atoms with E-state index in [1.807, 2.05) is 0 Å². The van der Waals surface area contributed by atoms with Crippen molar-refractivity contribution in [2.75, 3.05) is 19.0 Å². The van der Waals surface area contributed by atoms with Crippen LogP contribution in [0.15, 0.2) is 40.8 Å². The predicted molar refractivity (Wildman–Crippen MR) is 128 cm³/mol. The third kappa shape index (κ3) is 5.56. The molecular weight excluding hydrogens is 480 g/mol. The number of hydrogen-bond donors (Lipinski definition) is 4. The first-order chi connectivity index (χ1) is 16.6. The van der Waals surface area contributed by atoms with Crippen molar-refractivity contribution >= 4 is 46.0 Å². The molecule has 2 aromatic carbocycles. The van der Waals surface area contributed by atoms with Crippen molar-refractivity contribution in [3.63, 3.8) is 0 Å². The number of aliphatic hydroxyl groups excluding tert-OH is 2. The molecule has 0 aliphatic rings. The number of amides is 2. The van der Waals surface area contributed by atoms with Crippen molar-refractivity contribution < 1.29 is 38.5 Å². The van der Waals surface area contributed by atoms with Crippen molar-refractivity contribution in [3.8, 4) is 5.75 Å². The zero-order chi connectivity index (χ0) is 25.9. The minimum absolute atomic E-state index is 0.0830. The first-order valence-electron chi connectivity index (χ1n) is 10.5. The summed E-state index contributed by atoms with van der Waals surface area (Å²) < 4.78 is 16.3. The molecule has 0 fully saturated rings. The number of methoxy groups -OCH3 is 1. The van der Waals surface area contributed by atoms with Crippen molar-refractivity contribution in [2.24, 2.45) is 11.7 Å². The number of primary amides is 1. The number of urea groups is 1. The summed E-state index contributed by atoms with van der Waals surface area (Å²) in [7, 11) is 1.16. The van der Waals surface area contributed by atoms with Gasteiger partial charge in [-0.3, -0.25) is 9.59 Å². The van der Waals surface area contributed by atoms with Crippen LogP contribution in [0.3, 0.4) is 0 Å². The molecule has 1 aromatic heterocycles. The molecular formula is C24H25ClN2O8. The molecule has 11 heteroatoms. The van der Waals surface area contributed by atoms with Crippen LogP contribution >= 0.6 is 11.6 Å². The average Bonchev–Trinajstić information content (AvgIpc) is 3.16. The maximum Gasteiger partial charge on any atom is 0.316 e. The maximum absolute atomic E-state index is 13.3. The summed E-state index contributed by atoms with van der Waals surface area (Å²) in [6.45, 7) is 2.60. The van der Waals surface area contributed by atoms with E-state index in [1.54, 1.807) is 25.1 Å². The number of carbonyl (C=O) groups is 3. The summed E-state index contributed by atoms with van der Waals surface area (Å²) in [5.41, 5.74) is 6.53. The van der Waals surface area contributed by atoms with Crippen LogP contribution in [0.5, 0.6) is 5.75 Å². The summed E-state index contributed by atoms with van der Waals surface area (Å²) >= 11 is 6.06. The minimum Gasteiger partial charge on any atom is -0.490 e. The lowest BCUT2D eigenvalue weighted by Gasteiger charge is -2.25. The van der Waals surface area contributed by atoms with Gasteiger partial charge in [0, 0.05) is 22.0 Å². The number of fused-ring (bicyclic) bond motifs is 1. The zero-order valence-corrected chi connectivity index (χ0v) is 20.0. The molecule has 3 atom stereocenters. The molecule has 0 aliphatic carbocycles. The Morgan fingerprint density at radius 2 is 1.91 bits per heavy atom. The lowest BCUT2D eigenvalue weighted by atomic mass is 9.97. The first kappa shape index (κ1) is 26.0. The fourth-order valence-electron chi connectivity index (χ4n) is 3.72. The number of halogens is 1. The van der Waals surface area contributed by atoms with Gasteiger partial charge in [0.05, 0.1) is 19.8 Å². The summed E-state index contributed by atoms with van der Waals surface area (Å²) in [6, 6.07) is 8.47. The second-order valence-corrected chi connectivity index (χ2v) is 8.30. The summed E-state index contributed by atoms with van der Waals surface area (Å²) in [5.74, 6) is -2.35. The van der Waals surface area contributed by atoms with Gasteiger partial charge in [0.25, 0.3) is 0 Å². The third-order valence-electron chi connectivity index (χ3n) is 5.46. The number of anilines is 1. The van der Waals surface area contributed by atoms with E-state index < -0.39 is 42.5 Å². The highest BCUT2D eigenvalue weighted by Crippen LogP contribution is 2.36. The van der Waals surface area contributed by atoms with Gasteiger partial charge in [-0.05, 0) is 43.7 Å². The van der Waals surface area contributed by atoms with Gasteiger partial charge in [0.1, 0.15) is 29.0 Å². The molecule has 0 aliphatic heterocycles. The molecule has 2 amide bonds. The Labute approximate surface area is 205 Å². The van der Waals surface area contributed by atoms with Crippen LogP contribution in [-0.2, 0) is 9.53 Å². The van der Waals surface area contributed by atoms with Crippen LogP contribution in [0.4, 0.5) is 10.5 Å². The van der Waals surface area contributed by atoms with Gasteiger partial charge in [0.2, 0.25) is 5.78 Å². The van der Waals surface area contributed by atoms with E-state index >= 15 is 0 Å². The SMILES string of the molecule is COC(=O)C(C(O)CO)C(C)Oc1ccc2c(NC(N)=O)c(C(=O)c3cc(Cl)ccc3C)oc2c1. The number of furan rings is 1. The lowest BCUT2D eigenvalue weighted by Crippen LogP contribution is -2.42. The Morgan fingerprint density at radius 3 is 2.54 bits per heavy atom. The molecule has 186 valence electrons. The maximum atomic E-state index is 13.3. The van der Waals surface area contributed by atoms with E-state index in [0.717, 1.165) is 7.11 Å². The highest BCUT2D eigenvalue weighted by molar-refractivity contribution is 6.31. The lowest BCUT2D eigenvalue weighted by molar-refractivity contribution is -0.155. The number of esters is 1. The van der Waals surface area contributed by atoms with Crippen molar-refractivity contribution in [1.82, 2.24) is 0 Å². The van der Waals surface area contributed by atoms with Gasteiger partial charge in [-0.15, -0.1) is 0 Å². The fraction of sp³-hybridized carbons (Fsp3) is 0.292. The Bertz CT molecular complexity index is 1270. The Balaban J connectivity index is 2.02. The number of nitrogens with two attached hydrogens (primary N) is 1. The summed E-state index contributed by atoms with van der Waals surface area (Å²) in [5, 5.41) is 22.5. The van der Waals surface area contributed by atoms with E-state index in [9.17, 15) is 24.6 Å². The number of aryl methyl sites for hydroxylation is 1. The zero-order valence-electron chi connectivity index (χ0n) is 19.2. The summed E-state index contributed by atoms with van der Waals surface area (Å²) in [6.07, 6.45) is -2.29. The molecule has 10 nitrogen and oxygen atoms in total. The van der Waals surface area contributed by atoms with Gasteiger partial charge >= 0.3 is 12.0 Å². The fourth-order valence-corrected chi connectivity index (χ4v) is 3.89. The molecule has 3 aromatic rings. The molecule has 0 spiro atoms. The van der Waals surface area contributed by atoms with Gasteiger partial charge in [-0.1, -0.05) is 17.7 Å². The second kappa shape index (κ2) is 10.8. The van der Waals surface area contributed by atoms with Crippen LogP contribution < -0.4 is 15.8 Å². The molecule has 35 heavy (non-hydrogen) atoms. The van der Waals surface area contributed by atoms with Crippen LogP contribution in [0.25, 0.3) is 11.0 Å². The number of ketones is 1. The highest BCUT2D eigenvalue weighted by Gasteiger charge is 2.34. The highest BCUT2D eigenvalue weighted by atomic mass is 35.5. The first-order valence-corrected chi connectivity index (χ1v) is 10.9. The molecule has 0 radical (unpaired) electrons. The average molecular weight is 505 g/mol. The van der Waals surface area contributed by atoms with E-state index in [1.165, 1.54) is 25.1 Å². The number of ether oxygens (including phenoxy) is 2. The Kier molecular flexibility index (Phi) is 8.00. The van der Waals surface area contributed by atoms with E-state index in [-0.39, 0.29) is 28.3 Å². The molecule has 0 saturated heterocycles. The molecule has 0 saturated carbocycles. The van der Waals surface area contributed by atoms with Crippen molar-refractivity contribution in [3.05, 3.63) is 58.3 Å². The molecule has 1 heterocycles. The monoisotopic (exact) mass is 504 g/mol. The number of rotatable bonds is 9. The number of hydrogen-bond acceptors (Lipinski definition) is 8. The van der Waals surface area contributed by atoms with Gasteiger partial charge < -0.3 is 35.2 Å². The molecule has 5 N–H and O–H groups in total. The molecule has 0 bridgehead atoms. The van der Waals surface area contributed by atoms with Gasteiger partial charge in [-0.2, -0.15) is 0 Å². The van der Waals surface area contributed by atoms with Crippen LogP contribution in [0.1, 0.15) is 28.6 Å². The smallest absolute Gasteiger partial charge is 0.316 e. The number of benzene rings is 2. The molecule has 3 unspecified atom stereocenters. The number of carbonyl (C=O) groups excluding carboxylic acids is 3. The van der Waals surface area contributed by atoms with E-state index in [4.69, 9.17) is 31.2 Å². The Morgan fingerprint density at radius 1 is 1.20 bits per heavy atom. The quantitative estimate of drug-likeness (QED) is 0.255. The van der Waals surface area contributed by atoms with E-state index in [0.29, 0.717) is 16.0 Å².